The van der Waals surface area contributed by atoms with E-state index in [0.29, 0.717) is 0 Å². The van der Waals surface area contributed by atoms with Crippen LogP contribution in [0.15, 0.2) is 0 Å². The van der Waals surface area contributed by atoms with E-state index in [-0.39, 0.29) is 32.6 Å². The Bertz CT molecular complexity index is 130. The summed E-state index contributed by atoms with van der Waals surface area (Å²) in [5.41, 5.74) is 0. The fraction of sp³-hybridized carbons (Fsp3) is 0.750. The monoisotopic (exact) mass is 371 g/mol. The van der Waals surface area contributed by atoms with Crippen LogP contribution in [0.2, 0.25) is 0 Å². The molecular formula is C4H5I2O2S-. The Morgan fingerprint density at radius 1 is 1.89 bits per heavy atom. The molecule has 1 aliphatic rings. The van der Waals surface area contributed by atoms with Crippen molar-refractivity contribution in [2.45, 2.75) is 15.8 Å². The molecule has 9 heavy (non-hydrogen) atoms. The standard InChI is InChI=1S/C4H5I2O2S/c5-6-3-1-2(9)4(7)8-3/h2-3,9H,1H2/q-1. The predicted molar refractivity (Wildman–Crippen MR) is 41.3 cm³/mol. The van der Waals surface area contributed by atoms with Gasteiger partial charge in [0.1, 0.15) is 0 Å². The minimum absolute atomic E-state index is 0.0276. The number of hydrogen-bond acceptors (Lipinski definition) is 3. The maximum atomic E-state index is 10.7. The molecule has 0 N–H and O–H groups in total. The SMILES string of the molecule is O=C1OC([I-]I)CC1S. The second-order valence-corrected chi connectivity index (χ2v) is 7.32. The number of esters is 1. The number of hydrogen-bond donors (Lipinski definition) is 1. The summed E-state index contributed by atoms with van der Waals surface area (Å²) in [6.07, 6.45) is 0.818. The predicted octanol–water partition coefficient (Wildman–Crippen LogP) is -2.00. The second kappa shape index (κ2) is 3.61. The molecular weight excluding hydrogens is 366 g/mol. The number of thiol groups is 1. The van der Waals surface area contributed by atoms with E-state index >= 15 is 0 Å². The van der Waals surface area contributed by atoms with E-state index in [1.807, 2.05) is 0 Å². The molecule has 54 valence electrons. The van der Waals surface area contributed by atoms with Crippen LogP contribution in [-0.2, 0) is 9.53 Å². The molecule has 2 nitrogen and oxygen atoms in total. The average molecular weight is 371 g/mol. The number of carbonyl (C=O) groups excluding carboxylic acids is 1. The number of alkyl halides is 1. The third-order valence-corrected chi connectivity index (χ3v) is 6.25. The Morgan fingerprint density at radius 2 is 2.56 bits per heavy atom. The number of rotatable bonds is 1. The molecule has 1 heterocycles. The molecule has 0 aromatic heterocycles. The molecule has 1 fully saturated rings. The van der Waals surface area contributed by atoms with Crippen molar-refractivity contribution < 1.29 is 26.8 Å². The van der Waals surface area contributed by atoms with Crippen molar-refractivity contribution in [2.24, 2.45) is 0 Å². The van der Waals surface area contributed by atoms with E-state index in [9.17, 15) is 4.79 Å². The van der Waals surface area contributed by atoms with Crippen molar-refractivity contribution in [1.29, 1.82) is 0 Å². The molecule has 0 saturated carbocycles. The molecule has 0 bridgehead atoms. The van der Waals surface area contributed by atoms with Gasteiger partial charge in [-0.2, -0.15) is 0 Å². The van der Waals surface area contributed by atoms with Gasteiger partial charge < -0.3 is 0 Å². The summed E-state index contributed by atoms with van der Waals surface area (Å²) in [4.78, 5) is 10.7. The van der Waals surface area contributed by atoms with Gasteiger partial charge in [-0.3, -0.25) is 0 Å². The molecule has 5 heteroatoms. The van der Waals surface area contributed by atoms with E-state index in [1.54, 1.807) is 0 Å². The van der Waals surface area contributed by atoms with Crippen LogP contribution in [0.4, 0.5) is 0 Å². The molecule has 0 spiro atoms. The number of halogens is 2. The van der Waals surface area contributed by atoms with Crippen LogP contribution in [0.1, 0.15) is 6.42 Å². The van der Waals surface area contributed by atoms with Gasteiger partial charge in [0.05, 0.1) is 0 Å². The molecule has 0 aromatic carbocycles. The van der Waals surface area contributed by atoms with Crippen LogP contribution >= 0.6 is 31.2 Å². The average Bonchev–Trinajstić information content (AvgIpc) is 2.13. The van der Waals surface area contributed by atoms with Crippen molar-refractivity contribution in [2.75, 3.05) is 0 Å². The number of cyclic esters (lactones) is 1. The first kappa shape index (κ1) is 8.38. The van der Waals surface area contributed by atoms with Crippen molar-refractivity contribution in [3.05, 3.63) is 0 Å². The summed E-state index contributed by atoms with van der Waals surface area (Å²) >= 11 is 6.38. The van der Waals surface area contributed by atoms with Crippen molar-refractivity contribution in [1.82, 2.24) is 0 Å². The Morgan fingerprint density at radius 3 is 2.78 bits per heavy atom. The van der Waals surface area contributed by atoms with Gasteiger partial charge in [0.25, 0.3) is 0 Å². The molecule has 0 aromatic rings. The third kappa shape index (κ3) is 2.11. The zero-order chi connectivity index (χ0) is 6.85. The zero-order valence-electron chi connectivity index (χ0n) is 4.38. The van der Waals surface area contributed by atoms with Crippen molar-refractivity contribution in [3.8, 4) is 0 Å². The van der Waals surface area contributed by atoms with E-state index in [2.05, 4.69) is 31.2 Å². The summed E-state index contributed by atoms with van der Waals surface area (Å²) in [6.45, 7) is 0. The molecule has 1 aliphatic heterocycles. The van der Waals surface area contributed by atoms with Crippen LogP contribution in [0.5, 0.6) is 0 Å². The first-order chi connectivity index (χ1) is 4.24. The topological polar surface area (TPSA) is 26.3 Å². The first-order valence-corrected chi connectivity index (χ1v) is 10.4. The first-order valence-electron chi connectivity index (χ1n) is 2.37. The van der Waals surface area contributed by atoms with Gasteiger partial charge in [0.15, 0.2) is 0 Å². The van der Waals surface area contributed by atoms with E-state index in [4.69, 9.17) is 4.74 Å². The van der Waals surface area contributed by atoms with Crippen molar-refractivity contribution >= 4 is 37.2 Å². The summed E-state index contributed by atoms with van der Waals surface area (Å²) in [6, 6.07) is 0. The van der Waals surface area contributed by atoms with Gasteiger partial charge in [-0.1, -0.05) is 0 Å². The summed E-state index contributed by atoms with van der Waals surface area (Å²) in [5, 5.41) is -0.149. The number of ether oxygens (including phenoxy) is 1. The normalized spacial score (nSPS) is 35.1. The van der Waals surface area contributed by atoms with Gasteiger partial charge >= 0.3 is 79.8 Å². The fourth-order valence-electron chi connectivity index (χ4n) is 0.575. The van der Waals surface area contributed by atoms with Crippen LogP contribution < -0.4 is 17.2 Å². The fourth-order valence-corrected chi connectivity index (χ4v) is 4.21. The Hall–Kier alpha value is 1.28. The summed E-state index contributed by atoms with van der Waals surface area (Å²) in [7, 11) is 0. The van der Waals surface area contributed by atoms with Gasteiger partial charge in [0, 0.05) is 0 Å². The van der Waals surface area contributed by atoms with Crippen LogP contribution in [0, 0.1) is 0 Å². The second-order valence-electron chi connectivity index (χ2n) is 1.68. The molecule has 1 saturated heterocycles. The van der Waals surface area contributed by atoms with Crippen molar-refractivity contribution in [3.63, 3.8) is 0 Å². The molecule has 2 unspecified atom stereocenters. The summed E-state index contributed by atoms with van der Waals surface area (Å²) in [5.74, 6) is -0.139. The van der Waals surface area contributed by atoms with E-state index < -0.39 is 0 Å². The van der Waals surface area contributed by atoms with Gasteiger partial charge in [0.2, 0.25) is 0 Å². The minimum atomic E-state index is -0.149. The molecule has 1 rings (SSSR count). The van der Waals surface area contributed by atoms with Gasteiger partial charge in [-0.15, -0.1) is 0 Å². The Balaban J connectivity index is 2.44. The Labute approximate surface area is 78.9 Å². The van der Waals surface area contributed by atoms with Gasteiger partial charge in [-0.25, -0.2) is 0 Å². The summed E-state index contributed by atoms with van der Waals surface area (Å²) < 4.78 is 5.17. The quantitative estimate of drug-likeness (QED) is 0.250. The van der Waals surface area contributed by atoms with Crippen LogP contribution in [0.3, 0.4) is 0 Å². The molecule has 2 atom stereocenters. The molecule has 0 aliphatic carbocycles. The van der Waals surface area contributed by atoms with Crippen LogP contribution in [-0.4, -0.2) is 15.3 Å². The Kier molecular flexibility index (Phi) is 3.36. The number of carbonyl (C=O) groups is 1. The molecule has 0 radical (unpaired) electrons. The molecule has 0 amide bonds. The van der Waals surface area contributed by atoms with Gasteiger partial charge in [-0.05, 0) is 0 Å². The van der Waals surface area contributed by atoms with E-state index in [1.165, 1.54) is 0 Å². The zero-order valence-corrected chi connectivity index (χ0v) is 9.59. The van der Waals surface area contributed by atoms with E-state index in [0.717, 1.165) is 6.42 Å². The maximum absolute atomic E-state index is 10.7. The third-order valence-electron chi connectivity index (χ3n) is 1.02. The van der Waals surface area contributed by atoms with Crippen LogP contribution in [0.25, 0.3) is 0 Å².